The molecule has 0 saturated carbocycles. The van der Waals surface area contributed by atoms with Gasteiger partial charge in [-0.05, 0) is 19.1 Å². The molecule has 3 heteroatoms. The maximum absolute atomic E-state index is 8.99. The van der Waals surface area contributed by atoms with Crippen LogP contribution in [0.2, 0.25) is 0 Å². The minimum Gasteiger partial charge on any atom is -0.300 e. The first-order valence-electron chi connectivity index (χ1n) is 5.79. The smallest absolute Gasteiger partial charge is 0.137 e. The maximum Gasteiger partial charge on any atom is 0.137 e. The molecule has 0 aliphatic heterocycles. The zero-order chi connectivity index (χ0) is 12.6. The van der Waals surface area contributed by atoms with Crippen molar-refractivity contribution in [3.8, 4) is 6.07 Å². The second kappa shape index (κ2) is 3.89. The lowest BCUT2D eigenvalue weighted by Gasteiger charge is -2.17. The third kappa shape index (κ3) is 1.91. The summed E-state index contributed by atoms with van der Waals surface area (Å²) >= 11 is 0. The van der Waals surface area contributed by atoms with Gasteiger partial charge in [-0.1, -0.05) is 26.8 Å². The molecule has 0 N–H and O–H groups in total. The lowest BCUT2D eigenvalue weighted by atomic mass is 9.90. The summed E-state index contributed by atoms with van der Waals surface area (Å²) in [6, 6.07) is 8.27. The second-order valence-electron chi connectivity index (χ2n) is 5.35. The van der Waals surface area contributed by atoms with Gasteiger partial charge in [0.25, 0.3) is 0 Å². The molecular weight excluding hydrogens is 210 g/mol. The Morgan fingerprint density at radius 2 is 2.06 bits per heavy atom. The molecule has 88 valence electrons. The van der Waals surface area contributed by atoms with Gasteiger partial charge in [0.2, 0.25) is 0 Å². The van der Waals surface area contributed by atoms with Crippen LogP contribution in [0.25, 0.3) is 5.65 Å². The predicted molar refractivity (Wildman–Crippen MR) is 67.9 cm³/mol. The molecule has 0 amide bonds. The molecular formula is C14H17N3. The first-order valence-corrected chi connectivity index (χ1v) is 5.79. The largest absolute Gasteiger partial charge is 0.300 e. The maximum atomic E-state index is 8.99. The Kier molecular flexibility index (Phi) is 2.66. The molecule has 0 spiro atoms. The van der Waals surface area contributed by atoms with Crippen LogP contribution in [0.5, 0.6) is 0 Å². The SMILES string of the molecule is Cc1cccc2nc(C(C)(C)C)c(CC#N)n12. The highest BCUT2D eigenvalue weighted by Gasteiger charge is 2.23. The Bertz CT molecular complexity index is 594. The standard InChI is InChI=1S/C14H17N3/c1-10-6-5-7-12-16-13(14(2,3)4)11(8-9-15)17(10)12/h5-7H,8H2,1-4H3. The van der Waals surface area contributed by atoms with Crippen LogP contribution in [-0.2, 0) is 11.8 Å². The number of aryl methyl sites for hydroxylation is 1. The molecule has 0 unspecified atom stereocenters. The van der Waals surface area contributed by atoms with Crippen molar-refractivity contribution < 1.29 is 0 Å². The topological polar surface area (TPSA) is 41.1 Å². The molecule has 2 rings (SSSR count). The van der Waals surface area contributed by atoms with Crippen molar-refractivity contribution in [1.29, 1.82) is 5.26 Å². The van der Waals surface area contributed by atoms with Crippen LogP contribution in [-0.4, -0.2) is 9.38 Å². The van der Waals surface area contributed by atoms with Crippen molar-refractivity contribution >= 4 is 5.65 Å². The summed E-state index contributed by atoms with van der Waals surface area (Å²) < 4.78 is 2.09. The van der Waals surface area contributed by atoms with Gasteiger partial charge in [0, 0.05) is 11.1 Å². The quantitative estimate of drug-likeness (QED) is 0.751. The van der Waals surface area contributed by atoms with E-state index in [1.54, 1.807) is 0 Å². The summed E-state index contributed by atoms with van der Waals surface area (Å²) in [5, 5.41) is 8.99. The highest BCUT2D eigenvalue weighted by molar-refractivity contribution is 5.47. The summed E-state index contributed by atoms with van der Waals surface area (Å²) in [5.41, 5.74) is 4.06. The Morgan fingerprint density at radius 3 is 2.65 bits per heavy atom. The molecule has 0 bridgehead atoms. The van der Waals surface area contributed by atoms with Gasteiger partial charge in [0.05, 0.1) is 23.9 Å². The van der Waals surface area contributed by atoms with Gasteiger partial charge in [-0.3, -0.25) is 4.40 Å². The summed E-state index contributed by atoms with van der Waals surface area (Å²) in [4.78, 5) is 4.68. The van der Waals surface area contributed by atoms with E-state index >= 15 is 0 Å². The van der Waals surface area contributed by atoms with Gasteiger partial charge in [0.15, 0.2) is 0 Å². The van der Waals surface area contributed by atoms with Gasteiger partial charge >= 0.3 is 0 Å². The Balaban J connectivity index is 2.82. The van der Waals surface area contributed by atoms with Crippen molar-refractivity contribution in [3.05, 3.63) is 35.3 Å². The summed E-state index contributed by atoms with van der Waals surface area (Å²) in [6.07, 6.45) is 0.401. The molecule has 2 aromatic heterocycles. The zero-order valence-electron chi connectivity index (χ0n) is 10.8. The average molecular weight is 227 g/mol. The first-order chi connectivity index (χ1) is 7.95. The van der Waals surface area contributed by atoms with Crippen molar-refractivity contribution in [2.45, 2.75) is 39.5 Å². The molecule has 0 fully saturated rings. The fourth-order valence-corrected chi connectivity index (χ4v) is 2.16. The molecule has 0 aliphatic rings. The molecule has 2 aromatic rings. The molecule has 0 saturated heterocycles. The Morgan fingerprint density at radius 1 is 1.35 bits per heavy atom. The minimum absolute atomic E-state index is 0.0371. The van der Waals surface area contributed by atoms with Crippen LogP contribution in [0.3, 0.4) is 0 Å². The summed E-state index contributed by atoms with van der Waals surface area (Å²) in [6.45, 7) is 8.43. The first kappa shape index (κ1) is 11.7. The van der Waals surface area contributed by atoms with Gasteiger partial charge < -0.3 is 0 Å². The van der Waals surface area contributed by atoms with E-state index in [-0.39, 0.29) is 5.41 Å². The number of aromatic nitrogens is 2. The lowest BCUT2D eigenvalue weighted by molar-refractivity contribution is 0.566. The lowest BCUT2D eigenvalue weighted by Crippen LogP contribution is -2.15. The van der Waals surface area contributed by atoms with Crippen LogP contribution >= 0.6 is 0 Å². The third-order valence-electron chi connectivity index (χ3n) is 2.89. The third-order valence-corrected chi connectivity index (χ3v) is 2.89. The minimum atomic E-state index is -0.0371. The van der Waals surface area contributed by atoms with E-state index in [2.05, 4.69) is 36.2 Å². The molecule has 0 aromatic carbocycles. The summed E-state index contributed by atoms with van der Waals surface area (Å²) in [5.74, 6) is 0. The fraction of sp³-hybridized carbons (Fsp3) is 0.429. The molecule has 3 nitrogen and oxygen atoms in total. The van der Waals surface area contributed by atoms with Crippen molar-refractivity contribution in [2.75, 3.05) is 0 Å². The van der Waals surface area contributed by atoms with Gasteiger partial charge in [-0.25, -0.2) is 4.98 Å². The highest BCUT2D eigenvalue weighted by Crippen LogP contribution is 2.27. The van der Waals surface area contributed by atoms with E-state index < -0.39 is 0 Å². The van der Waals surface area contributed by atoms with Crippen LogP contribution in [0.15, 0.2) is 18.2 Å². The Hall–Kier alpha value is -1.82. The van der Waals surface area contributed by atoms with Crippen molar-refractivity contribution in [2.24, 2.45) is 0 Å². The number of nitrogens with zero attached hydrogens (tertiary/aromatic N) is 3. The van der Waals surface area contributed by atoms with E-state index in [4.69, 9.17) is 5.26 Å². The second-order valence-corrected chi connectivity index (χ2v) is 5.35. The number of rotatable bonds is 1. The number of nitriles is 1. The summed E-state index contributed by atoms with van der Waals surface area (Å²) in [7, 11) is 0. The van der Waals surface area contributed by atoms with Gasteiger partial charge in [0.1, 0.15) is 5.65 Å². The van der Waals surface area contributed by atoms with Crippen LogP contribution in [0, 0.1) is 18.3 Å². The van der Waals surface area contributed by atoms with E-state index in [0.29, 0.717) is 6.42 Å². The van der Waals surface area contributed by atoms with Crippen LogP contribution in [0.1, 0.15) is 37.9 Å². The molecule has 0 aliphatic carbocycles. The number of imidazole rings is 1. The molecule has 0 radical (unpaired) electrons. The Labute approximate surface area is 102 Å². The van der Waals surface area contributed by atoms with Crippen molar-refractivity contribution in [1.82, 2.24) is 9.38 Å². The molecule has 0 atom stereocenters. The van der Waals surface area contributed by atoms with Gasteiger partial charge in [-0.15, -0.1) is 0 Å². The zero-order valence-corrected chi connectivity index (χ0v) is 10.8. The predicted octanol–water partition coefficient (Wildman–Crippen LogP) is 3.01. The van der Waals surface area contributed by atoms with Crippen LogP contribution < -0.4 is 0 Å². The monoisotopic (exact) mass is 227 g/mol. The number of pyridine rings is 1. The van der Waals surface area contributed by atoms with E-state index in [1.807, 2.05) is 25.1 Å². The molecule has 2 heterocycles. The normalized spacial score (nSPS) is 11.7. The van der Waals surface area contributed by atoms with Crippen molar-refractivity contribution in [3.63, 3.8) is 0 Å². The van der Waals surface area contributed by atoms with Gasteiger partial charge in [-0.2, -0.15) is 5.26 Å². The number of hydrogen-bond donors (Lipinski definition) is 0. The number of hydrogen-bond acceptors (Lipinski definition) is 2. The van der Waals surface area contributed by atoms with E-state index in [1.165, 1.54) is 0 Å². The van der Waals surface area contributed by atoms with Crippen LogP contribution in [0.4, 0.5) is 0 Å². The average Bonchev–Trinajstić information content (AvgIpc) is 2.59. The number of fused-ring (bicyclic) bond motifs is 1. The van der Waals surface area contributed by atoms with E-state index in [9.17, 15) is 0 Å². The fourth-order valence-electron chi connectivity index (χ4n) is 2.16. The molecule has 17 heavy (non-hydrogen) atoms. The van der Waals surface area contributed by atoms with E-state index in [0.717, 1.165) is 22.7 Å². The highest BCUT2D eigenvalue weighted by atomic mass is 15.0.